The maximum atomic E-state index is 13.1. The highest BCUT2D eigenvalue weighted by atomic mass is 79.9. The molecule has 1 unspecified atom stereocenters. The maximum absolute atomic E-state index is 13.1. The molecule has 1 atom stereocenters. The molecule has 0 amide bonds. The van der Waals surface area contributed by atoms with Gasteiger partial charge in [-0.25, -0.2) is 0 Å². The molecule has 4 rings (SSSR count). The van der Waals surface area contributed by atoms with Crippen LogP contribution in [0, 0.1) is 11.3 Å². The predicted molar refractivity (Wildman–Crippen MR) is 122 cm³/mol. The van der Waals surface area contributed by atoms with E-state index in [-0.39, 0.29) is 5.78 Å². The van der Waals surface area contributed by atoms with Gasteiger partial charge in [-0.05, 0) is 65.5 Å². The van der Waals surface area contributed by atoms with Crippen molar-refractivity contribution in [2.45, 2.75) is 38.5 Å². The van der Waals surface area contributed by atoms with E-state index >= 15 is 0 Å². The molecule has 0 fully saturated rings. The van der Waals surface area contributed by atoms with E-state index in [1.165, 1.54) is 4.88 Å². The molecule has 0 spiro atoms. The first-order valence-corrected chi connectivity index (χ1v) is 11.5. The van der Waals surface area contributed by atoms with E-state index in [2.05, 4.69) is 28.9 Å². The molecule has 0 saturated carbocycles. The topological polar surface area (TPSA) is 79.3 Å². The smallest absolute Gasteiger partial charge is 0.161 e. The predicted octanol–water partition coefficient (Wildman–Crippen LogP) is 5.39. The Morgan fingerprint density at radius 2 is 2.07 bits per heavy atom. The average molecular weight is 484 g/mol. The molecule has 1 aromatic carbocycles. The van der Waals surface area contributed by atoms with Crippen molar-refractivity contribution in [1.82, 2.24) is 0 Å². The summed E-state index contributed by atoms with van der Waals surface area (Å²) in [6, 6.07) is 11.9. The molecule has 30 heavy (non-hydrogen) atoms. The van der Waals surface area contributed by atoms with Gasteiger partial charge in [0.1, 0.15) is 11.6 Å². The molecule has 1 aliphatic heterocycles. The molecular weight excluding hydrogens is 462 g/mol. The molecular formula is C23H22BrN3O2S. The second kappa shape index (κ2) is 8.29. The standard InChI is InChI=1S/C23H22BrN3O2S/c1-3-19-16(24)11-20(30-19)21-15(12-25)23(26)27(13-7-9-14(29-2)10-8-13)17-5-4-6-18(28)22(17)21/h7-11,21H,3-6,26H2,1-2H3. The molecule has 2 N–H and O–H groups in total. The Kier molecular flexibility index (Phi) is 5.72. The second-order valence-corrected chi connectivity index (χ2v) is 9.31. The molecule has 7 heteroatoms. The summed E-state index contributed by atoms with van der Waals surface area (Å²) in [4.78, 5) is 17.2. The molecule has 5 nitrogen and oxygen atoms in total. The van der Waals surface area contributed by atoms with Crippen molar-refractivity contribution in [3.05, 3.63) is 67.2 Å². The number of aryl methyl sites for hydroxylation is 1. The number of anilines is 1. The Morgan fingerprint density at radius 1 is 1.33 bits per heavy atom. The van der Waals surface area contributed by atoms with Gasteiger partial charge in [0.2, 0.25) is 0 Å². The number of Topliss-reactive ketones (excluding diaryl/α,β-unsaturated/α-hetero) is 1. The molecule has 2 aromatic rings. The summed E-state index contributed by atoms with van der Waals surface area (Å²) in [7, 11) is 1.62. The number of halogens is 1. The Labute approximate surface area is 188 Å². The summed E-state index contributed by atoms with van der Waals surface area (Å²) in [6.45, 7) is 2.10. The van der Waals surface area contributed by atoms with E-state index in [1.807, 2.05) is 35.2 Å². The van der Waals surface area contributed by atoms with E-state index < -0.39 is 5.92 Å². The number of carbonyl (C=O) groups is 1. The summed E-state index contributed by atoms with van der Waals surface area (Å²) < 4.78 is 6.28. The minimum Gasteiger partial charge on any atom is -0.497 e. The molecule has 2 aliphatic rings. The molecule has 0 saturated heterocycles. The third kappa shape index (κ3) is 3.34. The van der Waals surface area contributed by atoms with Crippen molar-refractivity contribution in [3.8, 4) is 11.8 Å². The summed E-state index contributed by atoms with van der Waals surface area (Å²) in [6.07, 6.45) is 2.91. The number of thiophene rings is 1. The fourth-order valence-corrected chi connectivity index (χ4v) is 6.24. The number of benzene rings is 1. The van der Waals surface area contributed by atoms with Crippen LogP contribution in [0.25, 0.3) is 0 Å². The molecule has 2 heterocycles. The van der Waals surface area contributed by atoms with Crippen LogP contribution < -0.4 is 15.4 Å². The number of methoxy groups -OCH3 is 1. The Hall–Kier alpha value is -2.56. The Bertz CT molecular complexity index is 1110. The van der Waals surface area contributed by atoms with Crippen LogP contribution in [-0.2, 0) is 11.2 Å². The van der Waals surface area contributed by atoms with E-state index in [9.17, 15) is 10.1 Å². The minimum atomic E-state index is -0.408. The summed E-state index contributed by atoms with van der Waals surface area (Å²) >= 11 is 5.26. The highest BCUT2D eigenvalue weighted by molar-refractivity contribution is 9.10. The zero-order valence-corrected chi connectivity index (χ0v) is 19.3. The van der Waals surface area contributed by atoms with Gasteiger partial charge >= 0.3 is 0 Å². The Morgan fingerprint density at radius 3 is 2.67 bits per heavy atom. The molecule has 0 radical (unpaired) electrons. The molecule has 1 aliphatic carbocycles. The fourth-order valence-electron chi connectivity index (χ4n) is 4.21. The van der Waals surface area contributed by atoms with E-state index in [4.69, 9.17) is 10.5 Å². The van der Waals surface area contributed by atoms with Gasteiger partial charge in [0.25, 0.3) is 0 Å². The third-order valence-corrected chi connectivity index (χ3v) is 7.94. The molecule has 1 aromatic heterocycles. The minimum absolute atomic E-state index is 0.0996. The number of ketones is 1. The average Bonchev–Trinajstić information content (AvgIpc) is 3.13. The quantitative estimate of drug-likeness (QED) is 0.630. The van der Waals surface area contributed by atoms with Crippen molar-refractivity contribution >= 4 is 38.7 Å². The number of ether oxygens (including phenoxy) is 1. The van der Waals surface area contributed by atoms with Crippen LogP contribution in [0.3, 0.4) is 0 Å². The molecule has 0 bridgehead atoms. The van der Waals surface area contributed by atoms with Crippen LogP contribution in [0.5, 0.6) is 5.75 Å². The van der Waals surface area contributed by atoms with Crippen LogP contribution in [0.2, 0.25) is 0 Å². The number of hydrogen-bond acceptors (Lipinski definition) is 6. The van der Waals surface area contributed by atoms with Crippen molar-refractivity contribution in [1.29, 1.82) is 5.26 Å². The van der Waals surface area contributed by atoms with Crippen molar-refractivity contribution in [2.24, 2.45) is 5.73 Å². The van der Waals surface area contributed by atoms with Gasteiger partial charge < -0.3 is 10.5 Å². The van der Waals surface area contributed by atoms with Crippen LogP contribution in [-0.4, -0.2) is 12.9 Å². The number of nitrogens with zero attached hydrogens (tertiary/aromatic N) is 2. The van der Waals surface area contributed by atoms with E-state index in [0.717, 1.165) is 45.7 Å². The third-order valence-electron chi connectivity index (χ3n) is 5.63. The molecule has 154 valence electrons. The van der Waals surface area contributed by atoms with Gasteiger partial charge in [-0.2, -0.15) is 5.26 Å². The monoisotopic (exact) mass is 483 g/mol. The zero-order chi connectivity index (χ0) is 21.4. The number of carbonyl (C=O) groups excluding carboxylic acids is 1. The lowest BCUT2D eigenvalue weighted by Gasteiger charge is -2.39. The van der Waals surface area contributed by atoms with Crippen molar-refractivity contribution in [2.75, 3.05) is 12.0 Å². The number of nitrogens with two attached hydrogens (primary N) is 1. The SMILES string of the molecule is CCc1sc(C2C(C#N)=C(N)N(c3ccc(OC)cc3)C3=C2C(=O)CCC3)cc1Br. The van der Waals surface area contributed by atoms with Crippen molar-refractivity contribution in [3.63, 3.8) is 0 Å². The maximum Gasteiger partial charge on any atom is 0.161 e. The van der Waals surface area contributed by atoms with Gasteiger partial charge in [-0.1, -0.05) is 6.92 Å². The van der Waals surface area contributed by atoms with E-state index in [0.29, 0.717) is 23.4 Å². The first-order valence-electron chi connectivity index (χ1n) is 9.88. The van der Waals surface area contributed by atoms with Crippen LogP contribution in [0.15, 0.2) is 57.5 Å². The number of hydrogen-bond donors (Lipinski definition) is 1. The fraction of sp³-hybridized carbons (Fsp3) is 0.304. The summed E-state index contributed by atoms with van der Waals surface area (Å²) in [5.41, 5.74) is 9.45. The highest BCUT2D eigenvalue weighted by Gasteiger charge is 2.41. The van der Waals surface area contributed by atoms with Crippen LogP contribution >= 0.6 is 27.3 Å². The largest absolute Gasteiger partial charge is 0.497 e. The van der Waals surface area contributed by atoms with Crippen molar-refractivity contribution < 1.29 is 9.53 Å². The number of nitriles is 1. The zero-order valence-electron chi connectivity index (χ0n) is 16.9. The summed E-state index contributed by atoms with van der Waals surface area (Å²) in [5, 5.41) is 10.1. The lowest BCUT2D eigenvalue weighted by molar-refractivity contribution is -0.116. The van der Waals surface area contributed by atoms with Crippen LogP contribution in [0.4, 0.5) is 5.69 Å². The van der Waals surface area contributed by atoms with Gasteiger partial charge in [0.05, 0.1) is 24.7 Å². The lowest BCUT2D eigenvalue weighted by Crippen LogP contribution is -2.38. The summed E-state index contributed by atoms with van der Waals surface area (Å²) in [5.74, 6) is 0.821. The first-order chi connectivity index (χ1) is 14.5. The van der Waals surface area contributed by atoms with Gasteiger partial charge in [0.15, 0.2) is 5.78 Å². The first kappa shape index (κ1) is 20.7. The van der Waals surface area contributed by atoms with Gasteiger partial charge in [-0.3, -0.25) is 9.69 Å². The van der Waals surface area contributed by atoms with E-state index in [1.54, 1.807) is 18.4 Å². The lowest BCUT2D eigenvalue weighted by atomic mass is 9.78. The normalized spacial score (nSPS) is 19.1. The number of rotatable bonds is 4. The Balaban J connectivity index is 1.92. The second-order valence-electron chi connectivity index (χ2n) is 7.29. The van der Waals surface area contributed by atoms with Crippen LogP contribution in [0.1, 0.15) is 41.9 Å². The van der Waals surface area contributed by atoms with Gasteiger partial charge in [-0.15, -0.1) is 11.3 Å². The van der Waals surface area contributed by atoms with Gasteiger partial charge in [0, 0.05) is 37.6 Å². The highest BCUT2D eigenvalue weighted by Crippen LogP contribution is 2.48. The number of allylic oxidation sites excluding steroid dienone is 3.